The number of aryl methyl sites for hydroxylation is 1. The second kappa shape index (κ2) is 8.09. The zero-order valence-corrected chi connectivity index (χ0v) is 19.4. The van der Waals surface area contributed by atoms with Gasteiger partial charge in [0.25, 0.3) is 5.91 Å². The number of ether oxygens (including phenoxy) is 1. The van der Waals surface area contributed by atoms with Crippen LogP contribution in [0, 0.1) is 17.7 Å². The van der Waals surface area contributed by atoms with Gasteiger partial charge in [-0.15, -0.1) is 0 Å². The van der Waals surface area contributed by atoms with Gasteiger partial charge in [0.05, 0.1) is 46.9 Å². The molecule has 0 bridgehead atoms. The number of amides is 1. The first-order valence-electron chi connectivity index (χ1n) is 11.1. The Hall–Kier alpha value is -4.91. The van der Waals surface area contributed by atoms with E-state index in [0.717, 1.165) is 16.7 Å². The Morgan fingerprint density at radius 3 is 2.83 bits per heavy atom. The molecule has 6 rings (SSSR count). The fraction of sp³-hybridized carbons (Fsp3) is 0.154. The van der Waals surface area contributed by atoms with Crippen molar-refractivity contribution < 1.29 is 13.9 Å². The van der Waals surface area contributed by atoms with E-state index in [-0.39, 0.29) is 24.0 Å². The highest BCUT2D eigenvalue weighted by Crippen LogP contribution is 2.37. The van der Waals surface area contributed by atoms with Crippen LogP contribution in [-0.4, -0.2) is 48.6 Å². The number of likely N-dealkylation sites (N-methyl/N-ethyl adjacent to an activating group) is 1. The van der Waals surface area contributed by atoms with Crippen LogP contribution < -0.4 is 10.5 Å². The summed E-state index contributed by atoms with van der Waals surface area (Å²) in [4.78, 5) is 23.2. The van der Waals surface area contributed by atoms with Gasteiger partial charge >= 0.3 is 0 Å². The van der Waals surface area contributed by atoms with Crippen LogP contribution in [0.5, 0.6) is 5.75 Å². The van der Waals surface area contributed by atoms with Crippen LogP contribution in [0.1, 0.15) is 33.1 Å². The minimum Gasteiger partial charge on any atom is -0.491 e. The van der Waals surface area contributed by atoms with Crippen molar-refractivity contribution >= 4 is 28.3 Å². The van der Waals surface area contributed by atoms with Crippen LogP contribution in [0.3, 0.4) is 0 Å². The predicted molar refractivity (Wildman–Crippen MR) is 131 cm³/mol. The fourth-order valence-corrected chi connectivity index (χ4v) is 4.41. The molecule has 1 atom stereocenters. The molecule has 0 saturated heterocycles. The molecule has 0 spiro atoms. The normalized spacial score (nSPS) is 14.4. The maximum absolute atomic E-state index is 15.0. The van der Waals surface area contributed by atoms with Crippen molar-refractivity contribution in [1.29, 1.82) is 0 Å². The van der Waals surface area contributed by atoms with E-state index in [4.69, 9.17) is 10.5 Å². The van der Waals surface area contributed by atoms with E-state index in [1.165, 1.54) is 17.0 Å². The summed E-state index contributed by atoms with van der Waals surface area (Å²) < 4.78 is 24.3. The van der Waals surface area contributed by atoms with Gasteiger partial charge in [0.1, 0.15) is 29.5 Å². The Balaban J connectivity index is 1.30. The molecule has 0 radical (unpaired) electrons. The van der Waals surface area contributed by atoms with Crippen LogP contribution in [-0.2, 0) is 7.05 Å². The molecule has 1 amide bonds. The number of nitrogens with zero attached hydrogens (tertiary/aromatic N) is 6. The molecule has 1 aliphatic heterocycles. The first kappa shape index (κ1) is 21.6. The zero-order valence-electron chi connectivity index (χ0n) is 19.4. The lowest BCUT2D eigenvalue weighted by molar-refractivity contribution is 0.0704. The molecule has 36 heavy (non-hydrogen) atoms. The van der Waals surface area contributed by atoms with Gasteiger partial charge in [-0.1, -0.05) is 17.9 Å². The number of carbonyl (C=O) groups is 1. The highest BCUT2D eigenvalue weighted by Gasteiger charge is 2.32. The number of nitrogens with two attached hydrogens (primary N) is 1. The number of hydrogen-bond acceptors (Lipinski definition) is 6. The van der Waals surface area contributed by atoms with E-state index in [0.29, 0.717) is 22.3 Å². The molecule has 1 unspecified atom stereocenters. The molecule has 2 aromatic carbocycles. The van der Waals surface area contributed by atoms with Crippen molar-refractivity contribution in [2.24, 2.45) is 7.05 Å². The van der Waals surface area contributed by atoms with Crippen LogP contribution >= 0.6 is 0 Å². The molecule has 1 aliphatic rings. The molecule has 0 aliphatic carbocycles. The van der Waals surface area contributed by atoms with Gasteiger partial charge in [0.2, 0.25) is 0 Å². The number of benzene rings is 2. The maximum atomic E-state index is 15.0. The number of anilines is 1. The number of hydrogen-bond donors (Lipinski definition) is 1. The van der Waals surface area contributed by atoms with Gasteiger partial charge in [-0.2, -0.15) is 5.10 Å². The first-order chi connectivity index (χ1) is 17.4. The Kier molecular flexibility index (Phi) is 4.86. The van der Waals surface area contributed by atoms with Crippen molar-refractivity contribution in [2.45, 2.75) is 6.04 Å². The summed E-state index contributed by atoms with van der Waals surface area (Å²) in [5, 5.41) is 4.11. The van der Waals surface area contributed by atoms with E-state index in [9.17, 15) is 4.79 Å². The quantitative estimate of drug-likeness (QED) is 0.389. The van der Waals surface area contributed by atoms with E-state index >= 15 is 4.39 Å². The highest BCUT2D eigenvalue weighted by atomic mass is 19.1. The molecule has 10 heteroatoms. The smallest absolute Gasteiger partial charge is 0.257 e. The summed E-state index contributed by atoms with van der Waals surface area (Å²) in [6, 6.07) is 7.95. The summed E-state index contributed by atoms with van der Waals surface area (Å²) in [6.45, 7) is 0.260. The molecular formula is C26H20FN7O2. The number of nitrogen functional groups attached to an aromatic ring is 1. The summed E-state index contributed by atoms with van der Waals surface area (Å²) in [7, 11) is 3.47. The van der Waals surface area contributed by atoms with Crippen LogP contribution in [0.4, 0.5) is 10.2 Å². The minimum atomic E-state index is -0.675. The third kappa shape index (κ3) is 3.49. The van der Waals surface area contributed by atoms with Gasteiger partial charge < -0.3 is 15.4 Å². The lowest BCUT2D eigenvalue weighted by Crippen LogP contribution is -2.32. The molecular weight excluding hydrogens is 461 g/mol. The van der Waals surface area contributed by atoms with Crippen molar-refractivity contribution in [3.05, 3.63) is 83.3 Å². The Bertz CT molecular complexity index is 1740. The predicted octanol–water partition coefficient (Wildman–Crippen LogP) is 2.94. The van der Waals surface area contributed by atoms with Gasteiger partial charge in [-0.05, 0) is 18.2 Å². The molecule has 0 saturated carbocycles. The van der Waals surface area contributed by atoms with Crippen LogP contribution in [0.25, 0.3) is 16.6 Å². The van der Waals surface area contributed by atoms with Crippen molar-refractivity contribution in [3.63, 3.8) is 0 Å². The number of aromatic nitrogens is 5. The van der Waals surface area contributed by atoms with Crippen molar-refractivity contribution in [1.82, 2.24) is 29.0 Å². The average molecular weight is 481 g/mol. The number of fused-ring (bicyclic) bond motifs is 4. The minimum absolute atomic E-state index is 0.0704. The summed E-state index contributed by atoms with van der Waals surface area (Å²) in [6.07, 6.45) is 6.66. The zero-order chi connectivity index (χ0) is 25.0. The van der Waals surface area contributed by atoms with Gasteiger partial charge in [-0.25, -0.2) is 14.4 Å². The second-order valence-electron chi connectivity index (χ2n) is 8.61. The highest BCUT2D eigenvalue weighted by molar-refractivity contribution is 5.98. The van der Waals surface area contributed by atoms with E-state index in [2.05, 4.69) is 26.9 Å². The standard InChI is InChI=1S/C26H20FN7O2/c1-32-12-16(10-30-32)4-3-15-5-6-17-23(13-36-24(17)7-15)33(2)26(35)18-8-21-20(9-19(18)27)31-25(28)22-11-29-14-34(21)22/h5-12,14,23H,13H2,1-2H3,(H2,28,31). The summed E-state index contributed by atoms with van der Waals surface area (Å²) >= 11 is 0. The molecule has 0 fully saturated rings. The molecule has 4 heterocycles. The Morgan fingerprint density at radius 1 is 1.19 bits per heavy atom. The molecule has 5 aromatic rings. The Morgan fingerprint density at radius 2 is 2.03 bits per heavy atom. The lowest BCUT2D eigenvalue weighted by atomic mass is 10.0. The largest absolute Gasteiger partial charge is 0.491 e. The molecule has 3 aromatic heterocycles. The number of halogens is 1. The lowest BCUT2D eigenvalue weighted by Gasteiger charge is -2.24. The fourth-order valence-electron chi connectivity index (χ4n) is 4.41. The average Bonchev–Trinajstić information content (AvgIpc) is 3.61. The van der Waals surface area contributed by atoms with E-state index < -0.39 is 11.7 Å². The van der Waals surface area contributed by atoms with Gasteiger partial charge in [-0.3, -0.25) is 13.9 Å². The monoisotopic (exact) mass is 481 g/mol. The van der Waals surface area contributed by atoms with Crippen LogP contribution in [0.15, 0.2) is 55.2 Å². The first-order valence-corrected chi connectivity index (χ1v) is 11.1. The van der Waals surface area contributed by atoms with Crippen molar-refractivity contribution in [3.8, 4) is 17.6 Å². The summed E-state index contributed by atoms with van der Waals surface area (Å²) in [5.74, 6) is 5.91. The number of rotatable bonds is 2. The third-order valence-electron chi connectivity index (χ3n) is 6.31. The maximum Gasteiger partial charge on any atom is 0.257 e. The number of carbonyl (C=O) groups excluding carboxylic acids is 1. The topological polar surface area (TPSA) is 104 Å². The van der Waals surface area contributed by atoms with Crippen LogP contribution in [0.2, 0.25) is 0 Å². The van der Waals surface area contributed by atoms with E-state index in [1.807, 2.05) is 31.4 Å². The molecule has 2 N–H and O–H groups in total. The van der Waals surface area contributed by atoms with Gasteiger partial charge in [0, 0.05) is 37.5 Å². The van der Waals surface area contributed by atoms with Gasteiger partial charge in [0.15, 0.2) is 0 Å². The van der Waals surface area contributed by atoms with E-state index in [1.54, 1.807) is 34.9 Å². The summed E-state index contributed by atoms with van der Waals surface area (Å²) in [5.41, 5.74) is 9.77. The molecule has 9 nitrogen and oxygen atoms in total. The number of imidazole rings is 1. The second-order valence-corrected chi connectivity index (χ2v) is 8.61. The third-order valence-corrected chi connectivity index (χ3v) is 6.31. The Labute approximate surface area is 204 Å². The van der Waals surface area contributed by atoms with Crippen molar-refractivity contribution in [2.75, 3.05) is 19.4 Å². The SMILES string of the molecule is CN(C(=O)c1cc2c(cc1F)nc(N)c1cncn12)C1COc2cc(C#Cc3cnn(C)c3)ccc21. The molecule has 178 valence electrons.